The van der Waals surface area contributed by atoms with E-state index >= 15 is 0 Å². The van der Waals surface area contributed by atoms with Crippen molar-refractivity contribution in [3.63, 3.8) is 0 Å². The molecule has 0 unspecified atom stereocenters. The number of aliphatic hydroxyl groups excluding tert-OH is 2. The molecule has 0 saturated carbocycles. The highest BCUT2D eigenvalue weighted by atomic mass is 16.7. The molecule has 0 aromatic heterocycles. The fraction of sp³-hybridized carbons (Fsp3) is 0.429. The molecule has 146 valence electrons. The second kappa shape index (κ2) is 9.94. The average molecular weight is 374 g/mol. The molecule has 1 heterocycles. The number of aliphatic hydroxyl groups is 2. The van der Waals surface area contributed by atoms with Crippen molar-refractivity contribution in [3.05, 3.63) is 71.8 Å². The fourth-order valence-electron chi connectivity index (χ4n) is 3.13. The van der Waals surface area contributed by atoms with Gasteiger partial charge in [-0.05, 0) is 11.1 Å². The summed E-state index contributed by atoms with van der Waals surface area (Å²) in [5.74, 6) is 0. The summed E-state index contributed by atoms with van der Waals surface area (Å²) in [6.07, 6.45) is -3.94. The van der Waals surface area contributed by atoms with Gasteiger partial charge in [0, 0.05) is 7.11 Å². The highest BCUT2D eigenvalue weighted by Gasteiger charge is 2.46. The van der Waals surface area contributed by atoms with Gasteiger partial charge in [-0.2, -0.15) is 0 Å². The molecule has 6 nitrogen and oxygen atoms in total. The average Bonchev–Trinajstić information content (AvgIpc) is 2.73. The van der Waals surface area contributed by atoms with E-state index in [0.29, 0.717) is 13.2 Å². The van der Waals surface area contributed by atoms with Crippen LogP contribution in [0.25, 0.3) is 0 Å². The molecule has 2 aromatic rings. The smallest absolute Gasteiger partial charge is 0.186 e. The molecule has 0 radical (unpaired) electrons. The predicted octanol–water partition coefficient (Wildman–Crippen LogP) is 1.88. The molecule has 1 aliphatic rings. The zero-order valence-corrected chi connectivity index (χ0v) is 15.3. The van der Waals surface area contributed by atoms with Gasteiger partial charge in [0.25, 0.3) is 0 Å². The molecule has 1 fully saturated rings. The number of rotatable bonds is 8. The maximum absolute atomic E-state index is 10.6. The van der Waals surface area contributed by atoms with Crippen LogP contribution in [-0.4, -0.2) is 54.6 Å². The third-order valence-corrected chi connectivity index (χ3v) is 4.60. The molecule has 1 aliphatic heterocycles. The van der Waals surface area contributed by atoms with Crippen molar-refractivity contribution in [2.45, 2.75) is 43.9 Å². The lowest BCUT2D eigenvalue weighted by molar-refractivity contribution is -0.314. The summed E-state index contributed by atoms with van der Waals surface area (Å²) in [4.78, 5) is 0. The largest absolute Gasteiger partial charge is 0.394 e. The van der Waals surface area contributed by atoms with E-state index in [2.05, 4.69) is 0 Å². The molecule has 0 aliphatic carbocycles. The minimum absolute atomic E-state index is 0.308. The van der Waals surface area contributed by atoms with E-state index in [9.17, 15) is 10.2 Å². The summed E-state index contributed by atoms with van der Waals surface area (Å²) < 4.78 is 23.1. The van der Waals surface area contributed by atoms with Gasteiger partial charge in [0.15, 0.2) is 6.29 Å². The molecule has 0 spiro atoms. The first-order valence-corrected chi connectivity index (χ1v) is 9.01. The number of methoxy groups -OCH3 is 1. The van der Waals surface area contributed by atoms with Gasteiger partial charge in [0.05, 0.1) is 19.8 Å². The van der Waals surface area contributed by atoms with Crippen molar-refractivity contribution in [2.24, 2.45) is 0 Å². The Morgan fingerprint density at radius 3 is 1.85 bits per heavy atom. The lowest BCUT2D eigenvalue weighted by atomic mass is 9.98. The van der Waals surface area contributed by atoms with Crippen LogP contribution in [0.2, 0.25) is 0 Å². The van der Waals surface area contributed by atoms with E-state index in [1.54, 1.807) is 0 Å². The molecule has 2 N–H and O–H groups in total. The third kappa shape index (κ3) is 5.13. The summed E-state index contributed by atoms with van der Waals surface area (Å²) in [6.45, 7) is 0.302. The van der Waals surface area contributed by atoms with E-state index in [4.69, 9.17) is 18.9 Å². The Morgan fingerprint density at radius 2 is 1.37 bits per heavy atom. The number of hydrogen-bond donors (Lipinski definition) is 2. The van der Waals surface area contributed by atoms with Crippen LogP contribution in [0, 0.1) is 0 Å². The summed E-state index contributed by atoms with van der Waals surface area (Å²) in [6, 6.07) is 19.4. The van der Waals surface area contributed by atoms with E-state index < -0.39 is 30.7 Å². The molecule has 3 rings (SSSR count). The third-order valence-electron chi connectivity index (χ3n) is 4.60. The topological polar surface area (TPSA) is 77.4 Å². The molecule has 1 saturated heterocycles. The first-order valence-electron chi connectivity index (χ1n) is 9.01. The standard InChI is InChI=1S/C21H26O6/c1-24-21-20(26-14-16-10-6-3-7-11-16)19(18(23)17(12-22)27-21)25-13-15-8-4-2-5-9-15/h2-11,17-23H,12-14H2,1H3/t17-,18+,19+,20-,21+/m1/s1. The maximum atomic E-state index is 10.6. The molecule has 0 amide bonds. The van der Waals surface area contributed by atoms with E-state index in [0.717, 1.165) is 11.1 Å². The maximum Gasteiger partial charge on any atom is 0.186 e. The number of hydrogen-bond acceptors (Lipinski definition) is 6. The highest BCUT2D eigenvalue weighted by molar-refractivity contribution is 5.14. The minimum atomic E-state index is -1.04. The van der Waals surface area contributed by atoms with Gasteiger partial charge in [-0.25, -0.2) is 0 Å². The van der Waals surface area contributed by atoms with Crippen LogP contribution in [0.3, 0.4) is 0 Å². The number of benzene rings is 2. The van der Waals surface area contributed by atoms with Gasteiger partial charge in [-0.15, -0.1) is 0 Å². The Balaban J connectivity index is 1.73. The van der Waals surface area contributed by atoms with E-state index in [1.807, 2.05) is 60.7 Å². The van der Waals surface area contributed by atoms with Crippen LogP contribution in [0.1, 0.15) is 11.1 Å². The summed E-state index contributed by atoms with van der Waals surface area (Å²) in [7, 11) is 1.50. The summed E-state index contributed by atoms with van der Waals surface area (Å²) in [5.41, 5.74) is 1.97. The molecule has 27 heavy (non-hydrogen) atoms. The molecule has 6 heteroatoms. The predicted molar refractivity (Wildman–Crippen MR) is 98.8 cm³/mol. The Kier molecular flexibility index (Phi) is 7.34. The Hall–Kier alpha value is -1.80. The summed E-state index contributed by atoms with van der Waals surface area (Å²) in [5, 5.41) is 20.2. The van der Waals surface area contributed by atoms with Crippen molar-refractivity contribution in [2.75, 3.05) is 13.7 Å². The molecule has 0 bridgehead atoms. The van der Waals surface area contributed by atoms with E-state index in [-0.39, 0.29) is 6.61 Å². The van der Waals surface area contributed by atoms with Crippen LogP contribution in [0.4, 0.5) is 0 Å². The highest BCUT2D eigenvalue weighted by Crippen LogP contribution is 2.28. The van der Waals surface area contributed by atoms with E-state index in [1.165, 1.54) is 7.11 Å². The van der Waals surface area contributed by atoms with Gasteiger partial charge in [-0.1, -0.05) is 60.7 Å². The second-order valence-electron chi connectivity index (χ2n) is 6.47. The normalized spacial score (nSPS) is 28.2. The van der Waals surface area contributed by atoms with Crippen LogP contribution in [0.15, 0.2) is 60.7 Å². The Labute approximate surface area is 159 Å². The molecule has 5 atom stereocenters. The zero-order valence-electron chi connectivity index (χ0n) is 15.3. The van der Waals surface area contributed by atoms with Gasteiger partial charge in [0.2, 0.25) is 0 Å². The second-order valence-corrected chi connectivity index (χ2v) is 6.47. The lowest BCUT2D eigenvalue weighted by Crippen LogP contribution is -2.60. The van der Waals surface area contributed by atoms with Crippen LogP contribution in [0.5, 0.6) is 0 Å². The van der Waals surface area contributed by atoms with Crippen molar-refractivity contribution < 1.29 is 29.2 Å². The summed E-state index contributed by atoms with van der Waals surface area (Å²) >= 11 is 0. The van der Waals surface area contributed by atoms with Crippen molar-refractivity contribution in [3.8, 4) is 0 Å². The fourth-order valence-corrected chi connectivity index (χ4v) is 3.13. The number of ether oxygens (including phenoxy) is 4. The van der Waals surface area contributed by atoms with Gasteiger partial charge >= 0.3 is 0 Å². The molecular formula is C21H26O6. The van der Waals surface area contributed by atoms with Gasteiger partial charge < -0.3 is 29.2 Å². The molecule has 2 aromatic carbocycles. The van der Waals surface area contributed by atoms with Crippen molar-refractivity contribution >= 4 is 0 Å². The Morgan fingerprint density at radius 1 is 0.852 bits per heavy atom. The first kappa shape index (κ1) is 19.9. The SMILES string of the molecule is CO[C@H]1O[C@H](CO)[C@H](O)[C@H](OCc2ccccc2)[C@H]1OCc1ccccc1. The van der Waals surface area contributed by atoms with Crippen LogP contribution < -0.4 is 0 Å². The zero-order chi connectivity index (χ0) is 19.1. The lowest BCUT2D eigenvalue weighted by Gasteiger charge is -2.43. The van der Waals surface area contributed by atoms with Gasteiger partial charge in [0.1, 0.15) is 24.4 Å². The minimum Gasteiger partial charge on any atom is -0.394 e. The Bertz CT molecular complexity index is 665. The quantitative estimate of drug-likeness (QED) is 0.735. The van der Waals surface area contributed by atoms with Gasteiger partial charge in [-0.3, -0.25) is 0 Å². The monoisotopic (exact) mass is 374 g/mol. The first-order chi connectivity index (χ1) is 13.2. The van der Waals surface area contributed by atoms with Crippen molar-refractivity contribution in [1.29, 1.82) is 0 Å². The molecular weight excluding hydrogens is 348 g/mol. The van der Waals surface area contributed by atoms with Crippen LogP contribution >= 0.6 is 0 Å². The van der Waals surface area contributed by atoms with Crippen LogP contribution in [-0.2, 0) is 32.2 Å². The van der Waals surface area contributed by atoms with Crippen molar-refractivity contribution in [1.82, 2.24) is 0 Å².